The lowest BCUT2D eigenvalue weighted by Crippen LogP contribution is -2.38. The zero-order chi connectivity index (χ0) is 17.9. The van der Waals surface area contributed by atoms with Crippen molar-refractivity contribution < 1.29 is 28.9 Å². The number of aromatic nitrogens is 2. The average molecular weight is 341 g/mol. The number of aliphatic hydroxyl groups is 1. The summed E-state index contributed by atoms with van der Waals surface area (Å²) in [6.07, 6.45) is -1.40. The maximum atomic E-state index is 12.0. The first kappa shape index (κ1) is 17.9. The summed E-state index contributed by atoms with van der Waals surface area (Å²) in [7, 11) is 0. The Bertz CT molecular complexity index is 675. The molecule has 10 heteroatoms. The maximum Gasteiger partial charge on any atom is 0.351 e. The summed E-state index contributed by atoms with van der Waals surface area (Å²) in [5.41, 5.74) is 4.76. The van der Waals surface area contributed by atoms with Crippen molar-refractivity contribution in [3.05, 3.63) is 22.7 Å². The van der Waals surface area contributed by atoms with Crippen LogP contribution < -0.4 is 11.4 Å². The third kappa shape index (κ3) is 3.89. The monoisotopic (exact) mass is 341 g/mol. The van der Waals surface area contributed by atoms with Crippen molar-refractivity contribution in [2.45, 2.75) is 32.3 Å². The van der Waals surface area contributed by atoms with Gasteiger partial charge in [0, 0.05) is 20.0 Å². The fourth-order valence-corrected chi connectivity index (χ4v) is 2.56. The van der Waals surface area contributed by atoms with Gasteiger partial charge in [0.2, 0.25) is 0 Å². The van der Waals surface area contributed by atoms with E-state index >= 15 is 0 Å². The second-order valence-electron chi connectivity index (χ2n) is 5.33. The van der Waals surface area contributed by atoms with E-state index in [9.17, 15) is 19.5 Å². The molecule has 1 aliphatic rings. The number of hydrogen-bond acceptors (Lipinski definition) is 9. The summed E-state index contributed by atoms with van der Waals surface area (Å²) in [5.74, 6) is -1.73. The third-order valence-corrected chi connectivity index (χ3v) is 3.58. The van der Waals surface area contributed by atoms with E-state index in [1.807, 2.05) is 0 Å². The molecule has 1 aliphatic heterocycles. The highest BCUT2D eigenvalue weighted by molar-refractivity contribution is 5.66. The van der Waals surface area contributed by atoms with Gasteiger partial charge in [-0.2, -0.15) is 4.98 Å². The summed E-state index contributed by atoms with van der Waals surface area (Å²) in [6.45, 7) is 1.90. The number of rotatable bonds is 5. The Morgan fingerprint density at radius 3 is 2.67 bits per heavy atom. The molecule has 2 heterocycles. The Hall–Kier alpha value is -2.46. The number of nitrogens with two attached hydrogens (primary N) is 1. The number of carbonyl (C=O) groups is 2. The van der Waals surface area contributed by atoms with E-state index in [1.165, 1.54) is 26.1 Å². The molecule has 132 valence electrons. The van der Waals surface area contributed by atoms with Crippen LogP contribution in [-0.2, 0) is 23.8 Å². The molecule has 10 nitrogen and oxygen atoms in total. The Labute approximate surface area is 137 Å². The van der Waals surface area contributed by atoms with Gasteiger partial charge in [-0.15, -0.1) is 0 Å². The van der Waals surface area contributed by atoms with E-state index in [1.54, 1.807) is 0 Å². The first-order chi connectivity index (χ1) is 11.3. The normalized spacial score (nSPS) is 26.1. The van der Waals surface area contributed by atoms with Crippen LogP contribution in [0.25, 0.3) is 0 Å². The molecule has 4 unspecified atom stereocenters. The zero-order valence-electron chi connectivity index (χ0n) is 13.2. The van der Waals surface area contributed by atoms with Gasteiger partial charge in [0.15, 0.2) is 12.3 Å². The van der Waals surface area contributed by atoms with Crippen LogP contribution in [0.3, 0.4) is 0 Å². The number of aliphatic hydroxyl groups excluding tert-OH is 1. The Morgan fingerprint density at radius 2 is 2.12 bits per heavy atom. The zero-order valence-corrected chi connectivity index (χ0v) is 13.2. The van der Waals surface area contributed by atoms with Crippen LogP contribution in [0.1, 0.15) is 20.1 Å². The number of nitrogen functional groups attached to an aromatic ring is 1. The highest BCUT2D eigenvalue weighted by atomic mass is 16.6. The number of hydrogen-bond donors (Lipinski definition) is 2. The minimum atomic E-state index is -1.02. The molecule has 2 rings (SSSR count). The van der Waals surface area contributed by atoms with E-state index in [2.05, 4.69) is 4.98 Å². The second kappa shape index (κ2) is 7.41. The van der Waals surface area contributed by atoms with Gasteiger partial charge in [0.05, 0.1) is 18.6 Å². The maximum absolute atomic E-state index is 12.0. The highest BCUT2D eigenvalue weighted by Gasteiger charge is 2.48. The van der Waals surface area contributed by atoms with Crippen LogP contribution >= 0.6 is 0 Å². The summed E-state index contributed by atoms with van der Waals surface area (Å²) in [6, 6.07) is 1.39. The van der Waals surface area contributed by atoms with Crippen molar-refractivity contribution in [1.82, 2.24) is 9.55 Å². The summed E-state index contributed by atoms with van der Waals surface area (Å²) in [4.78, 5) is 38.1. The van der Waals surface area contributed by atoms with Crippen LogP contribution in [0.2, 0.25) is 0 Å². The van der Waals surface area contributed by atoms with E-state index in [4.69, 9.17) is 19.9 Å². The summed E-state index contributed by atoms with van der Waals surface area (Å²) >= 11 is 0. The molecule has 1 aromatic rings. The lowest BCUT2D eigenvalue weighted by Gasteiger charge is -2.23. The van der Waals surface area contributed by atoms with E-state index < -0.39 is 48.6 Å². The SMILES string of the molecule is CC(=O)OCC1C(CO)OC(n2ccc(N)nc2=O)C1OC(C)=O. The van der Waals surface area contributed by atoms with Gasteiger partial charge >= 0.3 is 17.6 Å². The predicted molar refractivity (Wildman–Crippen MR) is 79.6 cm³/mol. The number of carbonyl (C=O) groups excluding carboxylic acids is 2. The number of ether oxygens (including phenoxy) is 3. The van der Waals surface area contributed by atoms with Gasteiger partial charge in [0.25, 0.3) is 0 Å². The van der Waals surface area contributed by atoms with Gasteiger partial charge in [-0.3, -0.25) is 14.2 Å². The largest absolute Gasteiger partial charge is 0.465 e. The van der Waals surface area contributed by atoms with Crippen LogP contribution in [0.15, 0.2) is 17.1 Å². The molecule has 0 aliphatic carbocycles. The predicted octanol–water partition coefficient (Wildman–Crippen LogP) is -1.17. The highest BCUT2D eigenvalue weighted by Crippen LogP contribution is 2.35. The topological polar surface area (TPSA) is 143 Å². The molecule has 0 spiro atoms. The molecule has 0 amide bonds. The summed E-state index contributed by atoms with van der Waals surface area (Å²) < 4.78 is 17.0. The van der Waals surface area contributed by atoms with Gasteiger partial charge in [0.1, 0.15) is 12.4 Å². The molecule has 4 atom stereocenters. The molecule has 1 saturated heterocycles. The molecular weight excluding hydrogens is 322 g/mol. The summed E-state index contributed by atoms with van der Waals surface area (Å²) in [5, 5.41) is 9.50. The second-order valence-corrected chi connectivity index (χ2v) is 5.33. The van der Waals surface area contributed by atoms with Gasteiger partial charge in [-0.25, -0.2) is 4.79 Å². The molecule has 0 radical (unpaired) electrons. The first-order valence-corrected chi connectivity index (χ1v) is 7.25. The molecule has 3 N–H and O–H groups in total. The van der Waals surface area contributed by atoms with Gasteiger partial charge < -0.3 is 25.1 Å². The lowest BCUT2D eigenvalue weighted by atomic mass is 9.99. The third-order valence-electron chi connectivity index (χ3n) is 3.58. The number of esters is 2. The van der Waals surface area contributed by atoms with Gasteiger partial charge in [-0.1, -0.05) is 0 Å². The lowest BCUT2D eigenvalue weighted by molar-refractivity contribution is -0.155. The van der Waals surface area contributed by atoms with E-state index in [0.29, 0.717) is 0 Å². The Balaban J connectivity index is 2.36. The minimum absolute atomic E-state index is 0.0356. The van der Waals surface area contributed by atoms with Crippen molar-refractivity contribution in [3.63, 3.8) is 0 Å². The molecule has 0 aromatic carbocycles. The average Bonchev–Trinajstić information content (AvgIpc) is 2.82. The molecule has 0 bridgehead atoms. The van der Waals surface area contributed by atoms with E-state index in [0.717, 1.165) is 4.57 Å². The quantitative estimate of drug-likeness (QED) is 0.633. The fraction of sp³-hybridized carbons (Fsp3) is 0.571. The van der Waals surface area contributed by atoms with Crippen molar-refractivity contribution in [3.8, 4) is 0 Å². The van der Waals surface area contributed by atoms with Crippen molar-refractivity contribution in [2.75, 3.05) is 18.9 Å². The molecule has 1 aromatic heterocycles. The standard InChI is InChI=1S/C14H19N3O7/c1-7(19)22-6-9-10(5-18)24-13(12(9)23-8(2)20)17-4-3-11(15)16-14(17)21/h3-4,9-10,12-13,18H,5-6H2,1-2H3,(H2,15,16,21). The van der Waals surface area contributed by atoms with Crippen LogP contribution in [0.4, 0.5) is 5.82 Å². The molecule has 0 saturated carbocycles. The van der Waals surface area contributed by atoms with Crippen molar-refractivity contribution in [2.24, 2.45) is 5.92 Å². The first-order valence-electron chi connectivity index (χ1n) is 7.25. The van der Waals surface area contributed by atoms with Crippen molar-refractivity contribution in [1.29, 1.82) is 0 Å². The van der Waals surface area contributed by atoms with Crippen LogP contribution in [0, 0.1) is 5.92 Å². The Kier molecular flexibility index (Phi) is 5.52. The molecular formula is C14H19N3O7. The fourth-order valence-electron chi connectivity index (χ4n) is 2.56. The molecule has 1 fully saturated rings. The van der Waals surface area contributed by atoms with Crippen LogP contribution in [0.5, 0.6) is 0 Å². The van der Waals surface area contributed by atoms with E-state index in [-0.39, 0.29) is 12.4 Å². The smallest absolute Gasteiger partial charge is 0.351 e. The minimum Gasteiger partial charge on any atom is -0.465 e. The van der Waals surface area contributed by atoms with Crippen LogP contribution in [-0.4, -0.2) is 52.0 Å². The molecule has 24 heavy (non-hydrogen) atoms. The number of nitrogens with zero attached hydrogens (tertiary/aromatic N) is 2. The Morgan fingerprint density at radius 1 is 1.42 bits per heavy atom. The van der Waals surface area contributed by atoms with Gasteiger partial charge in [-0.05, 0) is 6.07 Å². The van der Waals surface area contributed by atoms with Crippen molar-refractivity contribution >= 4 is 17.8 Å². The number of anilines is 1.